The van der Waals surface area contributed by atoms with Gasteiger partial charge in [-0.15, -0.1) is 0 Å². The van der Waals surface area contributed by atoms with Crippen LogP contribution >= 0.6 is 0 Å². The van der Waals surface area contributed by atoms with Crippen molar-refractivity contribution in [1.82, 2.24) is 0 Å². The molecule has 7 heteroatoms. The van der Waals surface area contributed by atoms with Crippen molar-refractivity contribution < 1.29 is 14.4 Å². The van der Waals surface area contributed by atoms with Crippen LogP contribution in [0.1, 0.15) is 44.6 Å². The molecule has 0 unspecified atom stereocenters. The maximum absolute atomic E-state index is 12.5. The van der Waals surface area contributed by atoms with Crippen molar-refractivity contribution in [3.05, 3.63) is 84.4 Å². The molecule has 0 bridgehead atoms. The van der Waals surface area contributed by atoms with Crippen LogP contribution in [0, 0.1) is 0 Å². The molecule has 0 radical (unpaired) electrons. The van der Waals surface area contributed by atoms with Crippen LogP contribution < -0.4 is 21.3 Å². The fourth-order valence-electron chi connectivity index (χ4n) is 3.65. The quantitative estimate of drug-likeness (QED) is 0.229. The minimum absolute atomic E-state index is 0.00891. The van der Waals surface area contributed by atoms with Crippen molar-refractivity contribution in [2.45, 2.75) is 45.4 Å². The van der Waals surface area contributed by atoms with Crippen molar-refractivity contribution in [2.75, 3.05) is 27.8 Å². The largest absolute Gasteiger partial charge is 0.376 e. The molecule has 0 aliphatic heterocycles. The number of rotatable bonds is 13. The van der Waals surface area contributed by atoms with E-state index in [1.165, 1.54) is 0 Å². The van der Waals surface area contributed by atoms with E-state index in [1.54, 1.807) is 30.3 Å². The van der Waals surface area contributed by atoms with Gasteiger partial charge < -0.3 is 21.3 Å². The number of nitrogens with one attached hydrogen (secondary N) is 4. The highest BCUT2D eigenvalue weighted by atomic mass is 16.2. The molecule has 3 aromatic carbocycles. The Kier molecular flexibility index (Phi) is 10.5. The third-order valence-electron chi connectivity index (χ3n) is 5.52. The summed E-state index contributed by atoms with van der Waals surface area (Å²) in [6.45, 7) is 2.16. The average molecular weight is 487 g/mol. The molecular formula is C29H34N4O3. The SMILES string of the molecule is CCCCCC(=O)Nc1cccc(NCC(=O)Nc2cccc(NC(=O)CCc3ccccc3)c2)c1. The van der Waals surface area contributed by atoms with Crippen LogP contribution in [0.2, 0.25) is 0 Å². The predicted molar refractivity (Wildman–Crippen MR) is 146 cm³/mol. The smallest absolute Gasteiger partial charge is 0.243 e. The topological polar surface area (TPSA) is 99.3 Å². The van der Waals surface area contributed by atoms with Crippen LogP contribution in [-0.4, -0.2) is 24.3 Å². The second-order valence-electron chi connectivity index (χ2n) is 8.60. The van der Waals surface area contributed by atoms with E-state index >= 15 is 0 Å². The molecule has 0 fully saturated rings. The first kappa shape index (κ1) is 26.5. The van der Waals surface area contributed by atoms with Gasteiger partial charge in [-0.25, -0.2) is 0 Å². The number of aryl methyl sites for hydroxylation is 1. The Morgan fingerprint density at radius 3 is 1.81 bits per heavy atom. The molecule has 0 aliphatic rings. The van der Waals surface area contributed by atoms with Gasteiger partial charge in [-0.3, -0.25) is 14.4 Å². The lowest BCUT2D eigenvalue weighted by Gasteiger charge is -2.11. The zero-order valence-electron chi connectivity index (χ0n) is 20.7. The van der Waals surface area contributed by atoms with Gasteiger partial charge in [0.25, 0.3) is 0 Å². The minimum Gasteiger partial charge on any atom is -0.376 e. The average Bonchev–Trinajstić information content (AvgIpc) is 2.87. The number of benzene rings is 3. The Balaban J connectivity index is 1.44. The summed E-state index contributed by atoms with van der Waals surface area (Å²) in [5, 5.41) is 11.7. The fourth-order valence-corrected chi connectivity index (χ4v) is 3.65. The van der Waals surface area contributed by atoms with E-state index in [4.69, 9.17) is 0 Å². The Morgan fingerprint density at radius 2 is 1.17 bits per heavy atom. The zero-order valence-corrected chi connectivity index (χ0v) is 20.7. The van der Waals surface area contributed by atoms with Crippen LogP contribution in [0.3, 0.4) is 0 Å². The van der Waals surface area contributed by atoms with Gasteiger partial charge in [0.2, 0.25) is 17.7 Å². The number of unbranched alkanes of at least 4 members (excludes halogenated alkanes) is 2. The molecule has 188 valence electrons. The van der Waals surface area contributed by atoms with E-state index in [-0.39, 0.29) is 24.3 Å². The third-order valence-corrected chi connectivity index (χ3v) is 5.52. The number of carbonyl (C=O) groups is 3. The van der Waals surface area contributed by atoms with E-state index < -0.39 is 0 Å². The maximum atomic E-state index is 12.5. The van der Waals surface area contributed by atoms with Crippen LogP contribution in [0.5, 0.6) is 0 Å². The molecule has 0 spiro atoms. The summed E-state index contributed by atoms with van der Waals surface area (Å²) < 4.78 is 0. The first-order valence-corrected chi connectivity index (χ1v) is 12.4. The molecule has 0 saturated carbocycles. The zero-order chi connectivity index (χ0) is 25.6. The van der Waals surface area contributed by atoms with Crippen LogP contribution in [-0.2, 0) is 20.8 Å². The molecule has 3 aromatic rings. The summed E-state index contributed by atoms with van der Waals surface area (Å²) in [5.74, 6) is -0.316. The molecule has 3 amide bonds. The van der Waals surface area contributed by atoms with Gasteiger partial charge in [-0.1, -0.05) is 62.2 Å². The minimum atomic E-state index is -0.225. The predicted octanol–water partition coefficient (Wildman–Crippen LogP) is 5.83. The fraction of sp³-hybridized carbons (Fsp3) is 0.276. The summed E-state index contributed by atoms with van der Waals surface area (Å²) in [5.41, 5.74) is 3.76. The van der Waals surface area contributed by atoms with Crippen LogP contribution in [0.25, 0.3) is 0 Å². The normalized spacial score (nSPS) is 10.4. The second-order valence-corrected chi connectivity index (χ2v) is 8.60. The lowest BCUT2D eigenvalue weighted by molar-refractivity contribution is -0.117. The first-order chi connectivity index (χ1) is 17.5. The van der Waals surface area contributed by atoms with Crippen molar-refractivity contribution in [2.24, 2.45) is 0 Å². The van der Waals surface area contributed by atoms with Crippen molar-refractivity contribution in [3.63, 3.8) is 0 Å². The summed E-state index contributed by atoms with van der Waals surface area (Å²) in [4.78, 5) is 36.8. The summed E-state index contributed by atoms with van der Waals surface area (Å²) in [7, 11) is 0. The number of carbonyl (C=O) groups excluding carboxylic acids is 3. The Bertz CT molecular complexity index is 1150. The highest BCUT2D eigenvalue weighted by Crippen LogP contribution is 2.17. The van der Waals surface area contributed by atoms with Crippen molar-refractivity contribution >= 4 is 40.5 Å². The number of hydrogen-bond donors (Lipinski definition) is 4. The molecule has 0 aromatic heterocycles. The van der Waals surface area contributed by atoms with Crippen molar-refractivity contribution in [1.29, 1.82) is 0 Å². The van der Waals surface area contributed by atoms with Crippen LogP contribution in [0.15, 0.2) is 78.9 Å². The number of anilines is 4. The van der Waals surface area contributed by atoms with Gasteiger partial charge in [0, 0.05) is 35.6 Å². The molecule has 3 rings (SSSR count). The van der Waals surface area contributed by atoms with E-state index in [2.05, 4.69) is 28.2 Å². The molecule has 36 heavy (non-hydrogen) atoms. The molecule has 7 nitrogen and oxygen atoms in total. The molecule has 4 N–H and O–H groups in total. The Labute approximate surface area is 212 Å². The van der Waals surface area contributed by atoms with Gasteiger partial charge in [-0.2, -0.15) is 0 Å². The highest BCUT2D eigenvalue weighted by Gasteiger charge is 2.07. The Morgan fingerprint density at radius 1 is 0.611 bits per heavy atom. The maximum Gasteiger partial charge on any atom is 0.243 e. The van der Waals surface area contributed by atoms with E-state index in [9.17, 15) is 14.4 Å². The lowest BCUT2D eigenvalue weighted by Crippen LogP contribution is -2.22. The summed E-state index contributed by atoms with van der Waals surface area (Å²) >= 11 is 0. The van der Waals surface area contributed by atoms with E-state index in [0.29, 0.717) is 36.3 Å². The van der Waals surface area contributed by atoms with Gasteiger partial charge >= 0.3 is 0 Å². The standard InChI is InChI=1S/C29H34N4O3/c1-2-3-5-16-27(34)31-24-13-8-12-23(19-24)30-21-29(36)33-26-15-9-14-25(20-26)32-28(35)18-17-22-10-6-4-7-11-22/h4,6-15,19-20,30H,2-3,5,16-18,21H2,1H3,(H,31,34)(H,32,35)(H,33,36). The van der Waals surface area contributed by atoms with E-state index in [0.717, 1.165) is 30.5 Å². The summed E-state index contributed by atoms with van der Waals surface area (Å²) in [6.07, 6.45) is 4.52. The highest BCUT2D eigenvalue weighted by molar-refractivity contribution is 5.96. The molecule has 0 saturated heterocycles. The molecule has 0 heterocycles. The third kappa shape index (κ3) is 9.62. The number of amides is 3. The molecular weight excluding hydrogens is 452 g/mol. The lowest BCUT2D eigenvalue weighted by atomic mass is 10.1. The first-order valence-electron chi connectivity index (χ1n) is 12.4. The Hall–Kier alpha value is -4.13. The van der Waals surface area contributed by atoms with Crippen molar-refractivity contribution in [3.8, 4) is 0 Å². The molecule has 0 aliphatic carbocycles. The van der Waals surface area contributed by atoms with Gasteiger partial charge in [-0.05, 0) is 54.8 Å². The molecule has 0 atom stereocenters. The van der Waals surface area contributed by atoms with E-state index in [1.807, 2.05) is 48.5 Å². The second kappa shape index (κ2) is 14.3. The summed E-state index contributed by atoms with van der Waals surface area (Å²) in [6, 6.07) is 24.2. The van der Waals surface area contributed by atoms with Gasteiger partial charge in [0.05, 0.1) is 6.54 Å². The van der Waals surface area contributed by atoms with Crippen LogP contribution in [0.4, 0.5) is 22.7 Å². The van der Waals surface area contributed by atoms with Gasteiger partial charge in [0.1, 0.15) is 0 Å². The number of hydrogen-bond acceptors (Lipinski definition) is 4. The van der Waals surface area contributed by atoms with Gasteiger partial charge in [0.15, 0.2) is 0 Å². The monoisotopic (exact) mass is 486 g/mol.